The first kappa shape index (κ1) is 14.9. The number of carbonyl (C=O) groups is 1. The Morgan fingerprint density at radius 2 is 1.94 bits per heavy atom. The zero-order chi connectivity index (χ0) is 13.0. The Morgan fingerprint density at radius 3 is 2.25 bits per heavy atom. The van der Waals surface area contributed by atoms with Gasteiger partial charge in [0.25, 0.3) is 11.6 Å². The molecule has 16 heavy (non-hydrogen) atoms. The molecule has 0 aliphatic rings. The zero-order valence-electron chi connectivity index (χ0n) is 9.20. The SMILES string of the molecule is C=CCNC(=O)C(F)(C(C)CC)C(F)(F)F. The fraction of sp³-hybridized carbons (Fsp3) is 0.700. The van der Waals surface area contributed by atoms with E-state index >= 15 is 0 Å². The van der Waals surface area contributed by atoms with E-state index in [-0.39, 0.29) is 13.0 Å². The van der Waals surface area contributed by atoms with Gasteiger partial charge in [0.1, 0.15) is 0 Å². The van der Waals surface area contributed by atoms with Gasteiger partial charge < -0.3 is 5.32 Å². The largest absolute Gasteiger partial charge is 0.431 e. The molecule has 0 aromatic rings. The van der Waals surface area contributed by atoms with E-state index in [0.29, 0.717) is 0 Å². The average molecular weight is 241 g/mol. The molecule has 0 aliphatic heterocycles. The van der Waals surface area contributed by atoms with Crippen LogP contribution in [0.4, 0.5) is 17.6 Å². The summed E-state index contributed by atoms with van der Waals surface area (Å²) in [6, 6.07) is 0. The third kappa shape index (κ3) is 2.74. The third-order valence-corrected chi connectivity index (χ3v) is 2.44. The number of amides is 1. The van der Waals surface area contributed by atoms with Crippen molar-refractivity contribution in [3.05, 3.63) is 12.7 Å². The molecule has 0 heterocycles. The van der Waals surface area contributed by atoms with E-state index in [4.69, 9.17) is 0 Å². The third-order valence-electron chi connectivity index (χ3n) is 2.44. The van der Waals surface area contributed by atoms with Crippen molar-refractivity contribution >= 4 is 5.91 Å². The van der Waals surface area contributed by atoms with Crippen LogP contribution in [0, 0.1) is 5.92 Å². The van der Waals surface area contributed by atoms with Gasteiger partial charge in [-0.15, -0.1) is 6.58 Å². The molecule has 0 aliphatic carbocycles. The lowest BCUT2D eigenvalue weighted by molar-refractivity contribution is -0.240. The molecule has 2 atom stereocenters. The summed E-state index contributed by atoms with van der Waals surface area (Å²) in [4.78, 5) is 11.2. The smallest absolute Gasteiger partial charge is 0.350 e. The molecule has 0 aromatic carbocycles. The molecule has 0 aromatic heterocycles. The van der Waals surface area contributed by atoms with Crippen LogP contribution in [0.3, 0.4) is 0 Å². The molecule has 0 saturated carbocycles. The van der Waals surface area contributed by atoms with Crippen molar-refractivity contribution < 1.29 is 22.4 Å². The van der Waals surface area contributed by atoms with Gasteiger partial charge in [0.2, 0.25) is 0 Å². The highest BCUT2D eigenvalue weighted by atomic mass is 19.4. The predicted octanol–water partition coefficient (Wildman–Crippen LogP) is 2.61. The fourth-order valence-electron chi connectivity index (χ4n) is 1.21. The molecular weight excluding hydrogens is 226 g/mol. The number of halogens is 4. The monoisotopic (exact) mass is 241 g/mol. The maximum absolute atomic E-state index is 13.8. The van der Waals surface area contributed by atoms with Crippen LogP contribution in [-0.2, 0) is 4.79 Å². The summed E-state index contributed by atoms with van der Waals surface area (Å²) in [6.07, 6.45) is -4.11. The molecule has 2 nitrogen and oxygen atoms in total. The Hall–Kier alpha value is -1.07. The molecule has 0 radical (unpaired) electrons. The minimum absolute atomic E-state index is 0.0858. The number of nitrogens with one attached hydrogen (secondary N) is 1. The number of carbonyl (C=O) groups excluding carboxylic acids is 1. The summed E-state index contributed by atoms with van der Waals surface area (Å²) in [7, 11) is 0. The van der Waals surface area contributed by atoms with Gasteiger partial charge in [0, 0.05) is 12.5 Å². The maximum Gasteiger partial charge on any atom is 0.431 e. The molecule has 0 saturated heterocycles. The van der Waals surface area contributed by atoms with Gasteiger partial charge in [-0.05, 0) is 6.42 Å². The van der Waals surface area contributed by atoms with E-state index < -0.39 is 23.7 Å². The highest BCUT2D eigenvalue weighted by molar-refractivity contribution is 5.86. The van der Waals surface area contributed by atoms with Crippen molar-refractivity contribution in [2.75, 3.05) is 6.54 Å². The highest BCUT2D eigenvalue weighted by Gasteiger charge is 2.64. The van der Waals surface area contributed by atoms with E-state index in [1.54, 1.807) is 0 Å². The van der Waals surface area contributed by atoms with Crippen LogP contribution in [-0.4, -0.2) is 24.3 Å². The van der Waals surface area contributed by atoms with E-state index in [1.807, 2.05) is 5.32 Å². The normalized spacial score (nSPS) is 17.4. The standard InChI is InChI=1S/C10H15F4NO/c1-4-6-15-8(16)9(11,7(3)5-2)10(12,13)14/h4,7H,1,5-6H2,2-3H3,(H,15,16). The van der Waals surface area contributed by atoms with Gasteiger partial charge in [-0.2, -0.15) is 13.2 Å². The summed E-state index contributed by atoms with van der Waals surface area (Å²) in [5.74, 6) is -3.09. The van der Waals surface area contributed by atoms with Gasteiger partial charge in [-0.3, -0.25) is 4.79 Å². The molecule has 0 bridgehead atoms. The Morgan fingerprint density at radius 1 is 1.44 bits per heavy atom. The van der Waals surface area contributed by atoms with Gasteiger partial charge in [-0.1, -0.05) is 19.9 Å². The van der Waals surface area contributed by atoms with Crippen LogP contribution in [0.15, 0.2) is 12.7 Å². The summed E-state index contributed by atoms with van der Waals surface area (Å²) in [5, 5.41) is 1.84. The Kier molecular flexibility index (Phi) is 4.96. The maximum atomic E-state index is 13.8. The van der Waals surface area contributed by atoms with Gasteiger partial charge in [0.15, 0.2) is 0 Å². The van der Waals surface area contributed by atoms with Crippen molar-refractivity contribution in [2.24, 2.45) is 5.92 Å². The van der Waals surface area contributed by atoms with E-state index in [0.717, 1.165) is 6.92 Å². The Bertz CT molecular complexity index is 264. The highest BCUT2D eigenvalue weighted by Crippen LogP contribution is 2.41. The zero-order valence-corrected chi connectivity index (χ0v) is 9.20. The van der Waals surface area contributed by atoms with Crippen LogP contribution < -0.4 is 5.32 Å². The molecule has 6 heteroatoms. The van der Waals surface area contributed by atoms with Crippen LogP contribution >= 0.6 is 0 Å². The molecule has 1 amide bonds. The number of hydrogen-bond donors (Lipinski definition) is 1. The van der Waals surface area contributed by atoms with Gasteiger partial charge >= 0.3 is 6.18 Å². The lowest BCUT2D eigenvalue weighted by Crippen LogP contribution is -2.57. The summed E-state index contributed by atoms with van der Waals surface area (Å²) < 4.78 is 51.5. The van der Waals surface area contributed by atoms with Crippen molar-refractivity contribution in [1.82, 2.24) is 5.32 Å². The summed E-state index contributed by atoms with van der Waals surface area (Å²) in [5.41, 5.74) is -3.84. The molecule has 94 valence electrons. The molecule has 1 N–H and O–H groups in total. The van der Waals surface area contributed by atoms with Crippen LogP contribution in [0.2, 0.25) is 0 Å². The van der Waals surface area contributed by atoms with Crippen molar-refractivity contribution in [2.45, 2.75) is 32.1 Å². The van der Waals surface area contributed by atoms with E-state index in [9.17, 15) is 22.4 Å². The Labute approximate surface area is 91.7 Å². The second kappa shape index (κ2) is 5.32. The molecule has 2 unspecified atom stereocenters. The predicted molar refractivity (Wildman–Crippen MR) is 52.6 cm³/mol. The molecule has 0 rings (SSSR count). The number of rotatable bonds is 5. The first-order chi connectivity index (χ1) is 7.21. The second-order valence-electron chi connectivity index (χ2n) is 3.52. The summed E-state index contributed by atoms with van der Waals surface area (Å²) in [6.45, 7) is 5.48. The first-order valence-electron chi connectivity index (χ1n) is 4.86. The topological polar surface area (TPSA) is 29.1 Å². The first-order valence-corrected chi connectivity index (χ1v) is 4.86. The second-order valence-corrected chi connectivity index (χ2v) is 3.52. The molecule has 0 fully saturated rings. The fourth-order valence-corrected chi connectivity index (χ4v) is 1.21. The van der Waals surface area contributed by atoms with Crippen LogP contribution in [0.5, 0.6) is 0 Å². The van der Waals surface area contributed by atoms with Crippen LogP contribution in [0.1, 0.15) is 20.3 Å². The van der Waals surface area contributed by atoms with E-state index in [2.05, 4.69) is 6.58 Å². The number of hydrogen-bond acceptors (Lipinski definition) is 1. The summed E-state index contributed by atoms with van der Waals surface area (Å²) >= 11 is 0. The minimum Gasteiger partial charge on any atom is -0.350 e. The molecular formula is C10H15F4NO. The number of alkyl halides is 4. The molecule has 0 spiro atoms. The van der Waals surface area contributed by atoms with E-state index in [1.165, 1.54) is 13.0 Å². The van der Waals surface area contributed by atoms with Gasteiger partial charge in [-0.25, -0.2) is 4.39 Å². The quantitative estimate of drug-likeness (QED) is 0.581. The lowest BCUT2D eigenvalue weighted by atomic mass is 9.87. The van der Waals surface area contributed by atoms with Crippen LogP contribution in [0.25, 0.3) is 0 Å². The van der Waals surface area contributed by atoms with Crippen molar-refractivity contribution in [3.8, 4) is 0 Å². The lowest BCUT2D eigenvalue weighted by Gasteiger charge is -2.31. The van der Waals surface area contributed by atoms with Crippen molar-refractivity contribution in [1.29, 1.82) is 0 Å². The van der Waals surface area contributed by atoms with Gasteiger partial charge in [0.05, 0.1) is 0 Å². The minimum atomic E-state index is -5.21. The Balaban J connectivity index is 5.08. The van der Waals surface area contributed by atoms with Crippen molar-refractivity contribution in [3.63, 3.8) is 0 Å². The average Bonchev–Trinajstić information content (AvgIpc) is 2.21.